The normalized spacial score (nSPS) is 28.8. The lowest BCUT2D eigenvalue weighted by atomic mass is 9.84. The summed E-state index contributed by atoms with van der Waals surface area (Å²) in [4.78, 5) is 0. The van der Waals surface area contributed by atoms with Crippen LogP contribution >= 0.6 is 0 Å². The molecular weight excluding hydrogens is 160 g/mol. The first-order valence-electron chi connectivity index (χ1n) is 4.66. The van der Waals surface area contributed by atoms with E-state index in [2.05, 4.69) is 5.32 Å². The van der Waals surface area contributed by atoms with Gasteiger partial charge in [-0.1, -0.05) is 0 Å². The molecular formula is C9H17F2N. The molecule has 0 radical (unpaired) electrons. The SMILES string of the molecule is CNCCC1CCCC(F)(F)C1. The third-order valence-corrected chi connectivity index (χ3v) is 2.54. The van der Waals surface area contributed by atoms with E-state index in [1.54, 1.807) is 0 Å². The van der Waals surface area contributed by atoms with Crippen LogP contribution in [0.5, 0.6) is 0 Å². The van der Waals surface area contributed by atoms with Gasteiger partial charge in [-0.05, 0) is 38.8 Å². The molecule has 1 atom stereocenters. The fourth-order valence-electron chi connectivity index (χ4n) is 1.87. The molecule has 0 aromatic rings. The summed E-state index contributed by atoms with van der Waals surface area (Å²) >= 11 is 0. The van der Waals surface area contributed by atoms with Gasteiger partial charge in [0.15, 0.2) is 0 Å². The van der Waals surface area contributed by atoms with Gasteiger partial charge in [-0.15, -0.1) is 0 Å². The first-order chi connectivity index (χ1) is 5.64. The molecule has 0 aliphatic heterocycles. The first-order valence-corrected chi connectivity index (χ1v) is 4.66. The molecule has 3 heteroatoms. The molecule has 0 heterocycles. The van der Waals surface area contributed by atoms with E-state index in [-0.39, 0.29) is 18.8 Å². The minimum absolute atomic E-state index is 0.100. The van der Waals surface area contributed by atoms with Crippen molar-refractivity contribution in [2.75, 3.05) is 13.6 Å². The molecule has 0 aromatic heterocycles. The van der Waals surface area contributed by atoms with Gasteiger partial charge in [-0.2, -0.15) is 0 Å². The maximum absolute atomic E-state index is 12.9. The van der Waals surface area contributed by atoms with E-state index >= 15 is 0 Å². The molecule has 1 saturated carbocycles. The molecule has 72 valence electrons. The Labute approximate surface area is 72.5 Å². The van der Waals surface area contributed by atoms with Gasteiger partial charge in [0.1, 0.15) is 0 Å². The molecule has 1 aliphatic rings. The van der Waals surface area contributed by atoms with Crippen molar-refractivity contribution in [2.45, 2.75) is 38.0 Å². The van der Waals surface area contributed by atoms with Crippen LogP contribution in [-0.2, 0) is 0 Å². The van der Waals surface area contributed by atoms with Crippen LogP contribution in [0.2, 0.25) is 0 Å². The summed E-state index contributed by atoms with van der Waals surface area (Å²) in [6.07, 6.45) is 2.78. The van der Waals surface area contributed by atoms with Crippen LogP contribution in [0, 0.1) is 5.92 Å². The fourth-order valence-corrected chi connectivity index (χ4v) is 1.87. The van der Waals surface area contributed by atoms with Gasteiger partial charge in [0, 0.05) is 12.8 Å². The monoisotopic (exact) mass is 177 g/mol. The van der Waals surface area contributed by atoms with Gasteiger partial charge in [-0.25, -0.2) is 8.78 Å². The van der Waals surface area contributed by atoms with Crippen LogP contribution in [0.25, 0.3) is 0 Å². The van der Waals surface area contributed by atoms with Crippen LogP contribution in [0.1, 0.15) is 32.1 Å². The summed E-state index contributed by atoms with van der Waals surface area (Å²) in [6, 6.07) is 0. The van der Waals surface area contributed by atoms with Crippen molar-refractivity contribution < 1.29 is 8.78 Å². The Morgan fingerprint density at radius 3 is 2.83 bits per heavy atom. The highest BCUT2D eigenvalue weighted by atomic mass is 19.3. The molecule has 0 bridgehead atoms. The third kappa shape index (κ3) is 3.05. The molecule has 0 aromatic carbocycles. The van der Waals surface area contributed by atoms with E-state index < -0.39 is 5.92 Å². The van der Waals surface area contributed by atoms with E-state index in [0.29, 0.717) is 6.42 Å². The second kappa shape index (κ2) is 4.17. The standard InChI is InChI=1S/C9H17F2N/c1-12-6-4-8-3-2-5-9(10,11)7-8/h8,12H,2-7H2,1H3. The number of hydrogen-bond acceptors (Lipinski definition) is 1. The Balaban J connectivity index is 2.26. The van der Waals surface area contributed by atoms with Crippen molar-refractivity contribution in [3.8, 4) is 0 Å². The molecule has 0 spiro atoms. The third-order valence-electron chi connectivity index (χ3n) is 2.54. The van der Waals surface area contributed by atoms with E-state index in [1.807, 2.05) is 7.05 Å². The Morgan fingerprint density at radius 1 is 1.50 bits per heavy atom. The molecule has 1 fully saturated rings. The highest BCUT2D eigenvalue weighted by Gasteiger charge is 2.35. The van der Waals surface area contributed by atoms with Crippen molar-refractivity contribution in [2.24, 2.45) is 5.92 Å². The Hall–Kier alpha value is -0.180. The van der Waals surface area contributed by atoms with Crippen LogP contribution in [-0.4, -0.2) is 19.5 Å². The van der Waals surface area contributed by atoms with E-state index in [0.717, 1.165) is 19.4 Å². The van der Waals surface area contributed by atoms with Crippen LogP contribution in [0.3, 0.4) is 0 Å². The number of rotatable bonds is 3. The van der Waals surface area contributed by atoms with Gasteiger partial charge < -0.3 is 5.32 Å². The summed E-state index contributed by atoms with van der Waals surface area (Å²) in [5.74, 6) is -2.14. The average molecular weight is 177 g/mol. The Kier molecular flexibility index (Phi) is 3.44. The maximum Gasteiger partial charge on any atom is 0.248 e. The minimum atomic E-state index is -2.38. The second-order valence-corrected chi connectivity index (χ2v) is 3.71. The first kappa shape index (κ1) is 9.90. The lowest BCUT2D eigenvalue weighted by molar-refractivity contribution is -0.0533. The zero-order valence-electron chi connectivity index (χ0n) is 7.58. The van der Waals surface area contributed by atoms with E-state index in [1.165, 1.54) is 0 Å². The summed E-state index contributed by atoms with van der Waals surface area (Å²) in [7, 11) is 1.86. The zero-order valence-corrected chi connectivity index (χ0v) is 7.58. The number of hydrogen-bond donors (Lipinski definition) is 1. The minimum Gasteiger partial charge on any atom is -0.320 e. The Bertz CT molecular complexity index is 136. The molecule has 1 unspecified atom stereocenters. The van der Waals surface area contributed by atoms with Crippen LogP contribution < -0.4 is 5.32 Å². The summed E-state index contributed by atoms with van der Waals surface area (Å²) in [6.45, 7) is 0.862. The summed E-state index contributed by atoms with van der Waals surface area (Å²) in [5.41, 5.74) is 0. The summed E-state index contributed by atoms with van der Waals surface area (Å²) < 4.78 is 25.7. The lowest BCUT2D eigenvalue weighted by Crippen LogP contribution is -2.27. The molecule has 0 amide bonds. The lowest BCUT2D eigenvalue weighted by Gasteiger charge is -2.28. The van der Waals surface area contributed by atoms with Crippen LogP contribution in [0.15, 0.2) is 0 Å². The van der Waals surface area contributed by atoms with Crippen LogP contribution in [0.4, 0.5) is 8.78 Å². The number of halogens is 2. The van der Waals surface area contributed by atoms with Crippen molar-refractivity contribution >= 4 is 0 Å². The molecule has 0 saturated heterocycles. The second-order valence-electron chi connectivity index (χ2n) is 3.71. The van der Waals surface area contributed by atoms with Gasteiger partial charge in [-0.3, -0.25) is 0 Å². The van der Waals surface area contributed by atoms with E-state index in [9.17, 15) is 8.78 Å². The smallest absolute Gasteiger partial charge is 0.248 e. The average Bonchev–Trinajstić information content (AvgIpc) is 1.99. The van der Waals surface area contributed by atoms with Crippen molar-refractivity contribution in [3.05, 3.63) is 0 Å². The molecule has 1 nitrogen and oxygen atoms in total. The van der Waals surface area contributed by atoms with Gasteiger partial charge in [0.05, 0.1) is 0 Å². The quantitative estimate of drug-likeness (QED) is 0.698. The molecule has 12 heavy (non-hydrogen) atoms. The highest BCUT2D eigenvalue weighted by Crippen LogP contribution is 2.37. The predicted molar refractivity (Wildman–Crippen MR) is 45.4 cm³/mol. The Morgan fingerprint density at radius 2 is 2.25 bits per heavy atom. The van der Waals surface area contributed by atoms with Gasteiger partial charge in [0.25, 0.3) is 0 Å². The van der Waals surface area contributed by atoms with Gasteiger partial charge >= 0.3 is 0 Å². The van der Waals surface area contributed by atoms with E-state index in [4.69, 9.17) is 0 Å². The highest BCUT2D eigenvalue weighted by molar-refractivity contribution is 4.78. The maximum atomic E-state index is 12.9. The largest absolute Gasteiger partial charge is 0.320 e. The predicted octanol–water partition coefficient (Wildman–Crippen LogP) is 2.42. The van der Waals surface area contributed by atoms with Crippen molar-refractivity contribution in [1.82, 2.24) is 5.32 Å². The summed E-state index contributed by atoms with van der Waals surface area (Å²) in [5, 5.41) is 3.00. The number of nitrogens with one attached hydrogen (secondary N) is 1. The molecule has 1 N–H and O–H groups in total. The fraction of sp³-hybridized carbons (Fsp3) is 1.00. The zero-order chi connectivity index (χ0) is 9.03. The topological polar surface area (TPSA) is 12.0 Å². The van der Waals surface area contributed by atoms with Gasteiger partial charge in [0.2, 0.25) is 5.92 Å². The molecule has 1 aliphatic carbocycles. The number of alkyl halides is 2. The molecule has 1 rings (SSSR count). The van der Waals surface area contributed by atoms with Crippen molar-refractivity contribution in [3.63, 3.8) is 0 Å². The van der Waals surface area contributed by atoms with Crippen molar-refractivity contribution in [1.29, 1.82) is 0 Å².